The van der Waals surface area contributed by atoms with Crippen molar-refractivity contribution in [1.82, 2.24) is 9.55 Å². The van der Waals surface area contributed by atoms with E-state index in [9.17, 15) is 9.59 Å². The van der Waals surface area contributed by atoms with Crippen LogP contribution in [0.3, 0.4) is 0 Å². The highest BCUT2D eigenvalue weighted by Gasteiger charge is 2.27. The van der Waals surface area contributed by atoms with Gasteiger partial charge in [0.1, 0.15) is 6.54 Å². The molecule has 2 heterocycles. The lowest BCUT2D eigenvalue weighted by Crippen LogP contribution is -2.29. The summed E-state index contributed by atoms with van der Waals surface area (Å²) in [6, 6.07) is 5.12. The number of hydrogen-bond acceptors (Lipinski definition) is 3. The number of imidazole rings is 1. The Morgan fingerprint density at radius 2 is 2.20 bits per heavy atom. The molecule has 102 valence electrons. The van der Waals surface area contributed by atoms with Crippen LogP contribution in [-0.4, -0.2) is 33.6 Å². The second-order valence-corrected chi connectivity index (χ2v) is 4.91. The number of hydrogen-bond donors (Lipinski definition) is 1. The molecule has 1 N–H and O–H groups in total. The molecule has 0 aliphatic carbocycles. The van der Waals surface area contributed by atoms with Gasteiger partial charge in [0, 0.05) is 17.6 Å². The molecule has 20 heavy (non-hydrogen) atoms. The first-order valence-electron chi connectivity index (χ1n) is 5.84. The lowest BCUT2D eigenvalue weighted by Gasteiger charge is -2.17. The molecule has 6 nitrogen and oxygen atoms in total. The van der Waals surface area contributed by atoms with E-state index in [0.717, 1.165) is 0 Å². The summed E-state index contributed by atoms with van der Waals surface area (Å²) in [6.07, 6.45) is 1.45. The molecule has 1 amide bonds. The average Bonchev–Trinajstić information content (AvgIpc) is 2.77. The third-order valence-electron chi connectivity index (χ3n) is 3.31. The van der Waals surface area contributed by atoms with Crippen LogP contribution < -0.4 is 4.90 Å². The highest BCUT2D eigenvalue weighted by atomic mass is 35.5. The normalized spacial score (nSPS) is 13.7. The minimum absolute atomic E-state index is 0.0697. The standard InChI is InChI=1S/C13H10ClN3O3/c1-16-9-3-2-7(14)4-8(9)10-5-15-12(13(19)20)17(10)6-11(16)18/h2-5H,6H2,1H3,(H,19,20). The number of nitrogens with zero attached hydrogens (tertiary/aromatic N) is 3. The first-order valence-corrected chi connectivity index (χ1v) is 6.22. The number of likely N-dealkylation sites (N-methyl/N-ethyl adjacent to an activating group) is 1. The molecular weight excluding hydrogens is 282 g/mol. The number of amides is 1. The fraction of sp³-hybridized carbons (Fsp3) is 0.154. The molecule has 0 fully saturated rings. The molecular formula is C13H10ClN3O3. The van der Waals surface area contributed by atoms with Crippen LogP contribution in [0.25, 0.3) is 11.3 Å². The van der Waals surface area contributed by atoms with Crippen molar-refractivity contribution < 1.29 is 14.7 Å². The van der Waals surface area contributed by atoms with E-state index < -0.39 is 5.97 Å². The van der Waals surface area contributed by atoms with Gasteiger partial charge in [-0.2, -0.15) is 0 Å². The van der Waals surface area contributed by atoms with E-state index in [4.69, 9.17) is 16.7 Å². The van der Waals surface area contributed by atoms with Crippen LogP contribution in [0.2, 0.25) is 5.02 Å². The van der Waals surface area contributed by atoms with Crippen molar-refractivity contribution in [2.75, 3.05) is 11.9 Å². The maximum absolute atomic E-state index is 12.1. The number of halogens is 1. The smallest absolute Gasteiger partial charge is 0.372 e. The van der Waals surface area contributed by atoms with Crippen LogP contribution in [0.5, 0.6) is 0 Å². The Labute approximate surface area is 119 Å². The Kier molecular flexibility index (Phi) is 2.76. The number of aromatic carboxylic acids is 1. The van der Waals surface area contributed by atoms with Gasteiger partial charge in [-0.05, 0) is 18.2 Å². The van der Waals surface area contributed by atoms with Crippen LogP contribution in [0, 0.1) is 0 Å². The van der Waals surface area contributed by atoms with Crippen molar-refractivity contribution in [2.24, 2.45) is 0 Å². The maximum atomic E-state index is 12.1. The van der Waals surface area contributed by atoms with E-state index in [1.165, 1.54) is 15.7 Å². The zero-order chi connectivity index (χ0) is 14.4. The summed E-state index contributed by atoms with van der Waals surface area (Å²) in [5, 5.41) is 9.65. The molecule has 0 atom stereocenters. The van der Waals surface area contributed by atoms with E-state index in [0.29, 0.717) is 22.0 Å². The predicted molar refractivity (Wildman–Crippen MR) is 73.0 cm³/mol. The predicted octanol–water partition coefficient (Wildman–Crippen LogP) is 1.88. The lowest BCUT2D eigenvalue weighted by molar-refractivity contribution is -0.118. The van der Waals surface area contributed by atoms with Crippen LogP contribution in [0.4, 0.5) is 5.69 Å². The first kappa shape index (κ1) is 12.7. The van der Waals surface area contributed by atoms with Gasteiger partial charge in [-0.25, -0.2) is 9.78 Å². The summed E-state index contributed by atoms with van der Waals surface area (Å²) >= 11 is 6.00. The third kappa shape index (κ3) is 1.77. The lowest BCUT2D eigenvalue weighted by atomic mass is 10.1. The second-order valence-electron chi connectivity index (χ2n) is 4.47. The number of carboxylic acids is 1. The molecule has 0 radical (unpaired) electrons. The average molecular weight is 292 g/mol. The Bertz CT molecular complexity index is 738. The second kappa shape index (κ2) is 4.35. The van der Waals surface area contributed by atoms with E-state index >= 15 is 0 Å². The molecule has 0 spiro atoms. The van der Waals surface area contributed by atoms with Crippen molar-refractivity contribution in [3.63, 3.8) is 0 Å². The van der Waals surface area contributed by atoms with Gasteiger partial charge in [0.2, 0.25) is 11.7 Å². The van der Waals surface area contributed by atoms with Crippen LogP contribution in [0.15, 0.2) is 24.4 Å². The number of carbonyl (C=O) groups excluding carboxylic acids is 1. The SMILES string of the molecule is CN1C(=O)Cn2c(cnc2C(=O)O)-c2cc(Cl)ccc21. The monoisotopic (exact) mass is 291 g/mol. The molecule has 1 aromatic carbocycles. The molecule has 0 saturated heterocycles. The largest absolute Gasteiger partial charge is 0.475 e. The Morgan fingerprint density at radius 1 is 1.45 bits per heavy atom. The van der Waals surface area contributed by atoms with Crippen molar-refractivity contribution in [3.8, 4) is 11.3 Å². The Morgan fingerprint density at radius 3 is 2.90 bits per heavy atom. The van der Waals surface area contributed by atoms with Crippen molar-refractivity contribution >= 4 is 29.2 Å². The quantitative estimate of drug-likeness (QED) is 0.870. The topological polar surface area (TPSA) is 75.4 Å². The van der Waals surface area contributed by atoms with Gasteiger partial charge in [-0.1, -0.05) is 11.6 Å². The molecule has 0 unspecified atom stereocenters. The van der Waals surface area contributed by atoms with Crippen molar-refractivity contribution in [2.45, 2.75) is 6.54 Å². The maximum Gasteiger partial charge on any atom is 0.372 e. The number of benzene rings is 1. The summed E-state index contributed by atoms with van der Waals surface area (Å²) in [5.74, 6) is -1.54. The van der Waals surface area contributed by atoms with Crippen LogP contribution in [-0.2, 0) is 11.3 Å². The van der Waals surface area contributed by atoms with Gasteiger partial charge >= 0.3 is 5.97 Å². The Hall–Kier alpha value is -2.34. The molecule has 2 aromatic rings. The summed E-state index contributed by atoms with van der Waals surface area (Å²) in [5.41, 5.74) is 1.93. The van der Waals surface area contributed by atoms with Gasteiger partial charge in [0.15, 0.2) is 0 Å². The fourth-order valence-electron chi connectivity index (χ4n) is 2.30. The number of anilines is 1. The van der Waals surface area contributed by atoms with Crippen LogP contribution in [0.1, 0.15) is 10.6 Å². The number of carbonyl (C=O) groups is 2. The number of carboxylic acid groups (broad SMARTS) is 1. The van der Waals surface area contributed by atoms with E-state index in [-0.39, 0.29) is 18.3 Å². The van der Waals surface area contributed by atoms with Crippen molar-refractivity contribution in [1.29, 1.82) is 0 Å². The number of rotatable bonds is 1. The molecule has 1 aromatic heterocycles. The highest BCUT2D eigenvalue weighted by Crippen LogP contribution is 2.35. The molecule has 7 heteroatoms. The zero-order valence-electron chi connectivity index (χ0n) is 10.5. The molecule has 3 rings (SSSR count). The molecule has 1 aliphatic rings. The summed E-state index contributed by atoms with van der Waals surface area (Å²) in [4.78, 5) is 28.7. The molecule has 1 aliphatic heterocycles. The van der Waals surface area contributed by atoms with Gasteiger partial charge < -0.3 is 14.6 Å². The number of fused-ring (bicyclic) bond motifs is 3. The Balaban J connectivity index is 2.32. The van der Waals surface area contributed by atoms with Crippen LogP contribution >= 0.6 is 11.6 Å². The minimum atomic E-state index is -1.17. The van der Waals surface area contributed by atoms with Gasteiger partial charge in [-0.3, -0.25) is 4.79 Å². The summed E-state index contributed by atoms with van der Waals surface area (Å²) < 4.78 is 1.39. The summed E-state index contributed by atoms with van der Waals surface area (Å²) in [6.45, 7) is -0.0697. The minimum Gasteiger partial charge on any atom is -0.475 e. The summed E-state index contributed by atoms with van der Waals surface area (Å²) in [7, 11) is 1.65. The highest BCUT2D eigenvalue weighted by molar-refractivity contribution is 6.31. The zero-order valence-corrected chi connectivity index (χ0v) is 11.3. The first-order chi connectivity index (χ1) is 9.49. The molecule has 0 saturated carbocycles. The number of aromatic nitrogens is 2. The van der Waals surface area contributed by atoms with Gasteiger partial charge in [-0.15, -0.1) is 0 Å². The van der Waals surface area contributed by atoms with Gasteiger partial charge in [0.05, 0.1) is 17.6 Å². The van der Waals surface area contributed by atoms with Gasteiger partial charge in [0.25, 0.3) is 0 Å². The van der Waals surface area contributed by atoms with E-state index in [2.05, 4.69) is 4.98 Å². The fourth-order valence-corrected chi connectivity index (χ4v) is 2.48. The van der Waals surface area contributed by atoms with E-state index in [1.807, 2.05) is 0 Å². The third-order valence-corrected chi connectivity index (χ3v) is 3.55. The van der Waals surface area contributed by atoms with Crippen molar-refractivity contribution in [3.05, 3.63) is 35.2 Å². The van der Waals surface area contributed by atoms with E-state index in [1.54, 1.807) is 25.2 Å². The molecule has 0 bridgehead atoms.